The molecule has 4 rings (SSSR count). The van der Waals surface area contributed by atoms with Crippen LogP contribution in [0.15, 0.2) is 36.8 Å². The van der Waals surface area contributed by atoms with Crippen molar-refractivity contribution >= 4 is 22.9 Å². The molecule has 0 saturated carbocycles. The van der Waals surface area contributed by atoms with E-state index in [2.05, 4.69) is 9.97 Å². The van der Waals surface area contributed by atoms with Crippen molar-refractivity contribution < 1.29 is 19.1 Å². The fourth-order valence-electron chi connectivity index (χ4n) is 3.94. The van der Waals surface area contributed by atoms with Crippen molar-refractivity contribution in [1.82, 2.24) is 9.97 Å². The number of carbonyl (C=O) groups excluding carboxylic acids is 2. The Balaban J connectivity index is 1.71. The van der Waals surface area contributed by atoms with Crippen molar-refractivity contribution in [2.75, 3.05) is 30.0 Å². The minimum atomic E-state index is -0.481. The van der Waals surface area contributed by atoms with Crippen molar-refractivity contribution in [3.05, 3.63) is 36.8 Å². The van der Waals surface area contributed by atoms with E-state index in [-0.39, 0.29) is 18.2 Å². The maximum Gasteiger partial charge on any atom is 0.237 e. The van der Waals surface area contributed by atoms with Crippen molar-refractivity contribution in [3.8, 4) is 11.6 Å². The lowest BCUT2D eigenvalue weighted by Gasteiger charge is -2.44. The third-order valence-electron chi connectivity index (χ3n) is 5.27. The number of hydrogen-bond donors (Lipinski definition) is 0. The monoisotopic (exact) mass is 382 g/mol. The number of likely N-dealkylation sites (N-methyl/N-ethyl adjacent to an activating group) is 1. The summed E-state index contributed by atoms with van der Waals surface area (Å²) in [6.07, 6.45) is 4.49. The first-order chi connectivity index (χ1) is 13.5. The highest BCUT2D eigenvalue weighted by molar-refractivity contribution is 5.88. The number of pyridine rings is 2. The summed E-state index contributed by atoms with van der Waals surface area (Å²) in [6, 6.07) is 4.54. The summed E-state index contributed by atoms with van der Waals surface area (Å²) in [7, 11) is 1.87. The van der Waals surface area contributed by atoms with Gasteiger partial charge in [0.05, 0.1) is 18.4 Å². The van der Waals surface area contributed by atoms with E-state index in [0.717, 1.165) is 11.4 Å². The molecule has 2 aromatic heterocycles. The lowest BCUT2D eigenvalue weighted by atomic mass is 10.00. The SMILES string of the molecule is CC(=O)C1C(CN2c3cccnc3OCC2C(C)=O)Oc2cnccc2N1C. The van der Waals surface area contributed by atoms with E-state index in [1.807, 2.05) is 29.0 Å². The van der Waals surface area contributed by atoms with Gasteiger partial charge in [-0.2, -0.15) is 0 Å². The molecule has 2 aliphatic rings. The first-order valence-corrected chi connectivity index (χ1v) is 9.16. The normalized spacial score (nSPS) is 23.2. The molecule has 0 fully saturated rings. The number of Topliss-reactive ketones (excluding diaryl/α,β-unsaturated/α-hetero) is 2. The molecule has 3 atom stereocenters. The summed E-state index contributed by atoms with van der Waals surface area (Å²) in [5.74, 6) is 1.08. The second-order valence-electron chi connectivity index (χ2n) is 7.08. The first kappa shape index (κ1) is 18.2. The van der Waals surface area contributed by atoms with Gasteiger partial charge in [-0.05, 0) is 32.0 Å². The summed E-state index contributed by atoms with van der Waals surface area (Å²) in [5.41, 5.74) is 1.54. The number of hydrogen-bond acceptors (Lipinski definition) is 8. The molecule has 4 heterocycles. The zero-order chi connectivity index (χ0) is 19.8. The number of ether oxygens (including phenoxy) is 2. The number of ketones is 2. The number of carbonyl (C=O) groups is 2. The Bertz CT molecular complexity index is 919. The molecule has 2 aliphatic heterocycles. The summed E-state index contributed by atoms with van der Waals surface area (Å²) in [4.78, 5) is 37.0. The highest BCUT2D eigenvalue weighted by atomic mass is 16.5. The lowest BCUT2D eigenvalue weighted by molar-refractivity contribution is -0.120. The van der Waals surface area contributed by atoms with Gasteiger partial charge in [0.25, 0.3) is 0 Å². The molecule has 0 amide bonds. The smallest absolute Gasteiger partial charge is 0.237 e. The molecule has 0 saturated heterocycles. The number of rotatable bonds is 4. The van der Waals surface area contributed by atoms with Crippen LogP contribution in [0.25, 0.3) is 0 Å². The summed E-state index contributed by atoms with van der Waals surface area (Å²) >= 11 is 0. The molecular weight excluding hydrogens is 360 g/mol. The molecule has 2 aromatic rings. The van der Waals surface area contributed by atoms with E-state index in [9.17, 15) is 9.59 Å². The fraction of sp³-hybridized carbons (Fsp3) is 0.400. The summed E-state index contributed by atoms with van der Waals surface area (Å²) < 4.78 is 11.8. The van der Waals surface area contributed by atoms with Gasteiger partial charge in [0.1, 0.15) is 30.5 Å². The van der Waals surface area contributed by atoms with E-state index in [4.69, 9.17) is 9.47 Å². The molecule has 28 heavy (non-hydrogen) atoms. The quantitative estimate of drug-likeness (QED) is 0.786. The standard InChI is InChI=1S/C20H22N4O4/c1-12(25)16-11-27-20-15(5-4-7-22-20)24(16)10-18-19(13(2)26)23(3)14-6-8-21-9-17(14)28-18/h4-9,16,18-19H,10-11H2,1-3H3. The Morgan fingerprint density at radius 2 is 2.00 bits per heavy atom. The van der Waals surface area contributed by atoms with Crippen LogP contribution in [0.2, 0.25) is 0 Å². The summed E-state index contributed by atoms with van der Waals surface area (Å²) in [5, 5.41) is 0. The maximum absolute atomic E-state index is 12.5. The van der Waals surface area contributed by atoms with Gasteiger partial charge >= 0.3 is 0 Å². The molecule has 0 spiro atoms. The van der Waals surface area contributed by atoms with Gasteiger partial charge in [0.15, 0.2) is 17.3 Å². The molecule has 3 unspecified atom stereocenters. The number of nitrogens with zero attached hydrogens (tertiary/aromatic N) is 4. The predicted octanol–water partition coefficient (Wildman–Crippen LogP) is 1.49. The molecular formula is C20H22N4O4. The zero-order valence-corrected chi connectivity index (χ0v) is 16.0. The van der Waals surface area contributed by atoms with Crippen molar-refractivity contribution in [2.45, 2.75) is 32.0 Å². The second-order valence-corrected chi connectivity index (χ2v) is 7.08. The van der Waals surface area contributed by atoms with Gasteiger partial charge in [-0.15, -0.1) is 0 Å². The van der Waals surface area contributed by atoms with Crippen LogP contribution in [0.3, 0.4) is 0 Å². The van der Waals surface area contributed by atoms with Crippen LogP contribution in [0.5, 0.6) is 11.6 Å². The van der Waals surface area contributed by atoms with Crippen LogP contribution >= 0.6 is 0 Å². The van der Waals surface area contributed by atoms with Gasteiger partial charge in [-0.1, -0.05) is 0 Å². The molecule has 0 bridgehead atoms. The van der Waals surface area contributed by atoms with Crippen molar-refractivity contribution in [3.63, 3.8) is 0 Å². The number of anilines is 2. The molecule has 0 aromatic carbocycles. The topological polar surface area (TPSA) is 84.9 Å². The zero-order valence-electron chi connectivity index (χ0n) is 16.0. The van der Waals surface area contributed by atoms with E-state index in [1.54, 1.807) is 31.6 Å². The Kier molecular flexibility index (Phi) is 4.62. The van der Waals surface area contributed by atoms with Crippen LogP contribution in [0, 0.1) is 0 Å². The molecule has 0 radical (unpaired) electrons. The fourth-order valence-corrected chi connectivity index (χ4v) is 3.94. The van der Waals surface area contributed by atoms with Gasteiger partial charge in [0, 0.05) is 19.4 Å². The van der Waals surface area contributed by atoms with Crippen LogP contribution in [-0.2, 0) is 9.59 Å². The van der Waals surface area contributed by atoms with E-state index in [1.165, 1.54) is 6.92 Å². The van der Waals surface area contributed by atoms with E-state index in [0.29, 0.717) is 18.2 Å². The minimum absolute atomic E-state index is 0.00555. The highest BCUT2D eigenvalue weighted by Crippen LogP contribution is 2.37. The number of aromatic nitrogens is 2. The van der Waals surface area contributed by atoms with Crippen LogP contribution in [0.4, 0.5) is 11.4 Å². The molecule has 0 N–H and O–H groups in total. The van der Waals surface area contributed by atoms with Crippen molar-refractivity contribution in [1.29, 1.82) is 0 Å². The average Bonchev–Trinajstić information content (AvgIpc) is 2.68. The molecule has 8 heteroatoms. The lowest BCUT2D eigenvalue weighted by Crippen LogP contribution is -2.59. The van der Waals surface area contributed by atoms with Crippen LogP contribution < -0.4 is 19.3 Å². The largest absolute Gasteiger partial charge is 0.482 e. The average molecular weight is 382 g/mol. The van der Waals surface area contributed by atoms with Gasteiger partial charge in [-0.25, -0.2) is 4.98 Å². The third kappa shape index (κ3) is 3.04. The van der Waals surface area contributed by atoms with Gasteiger partial charge in [0.2, 0.25) is 5.88 Å². The Morgan fingerprint density at radius 1 is 1.18 bits per heavy atom. The Hall–Kier alpha value is -3.16. The minimum Gasteiger partial charge on any atom is -0.482 e. The summed E-state index contributed by atoms with van der Waals surface area (Å²) in [6.45, 7) is 3.65. The molecule has 146 valence electrons. The Labute approximate surface area is 163 Å². The van der Waals surface area contributed by atoms with Gasteiger partial charge < -0.3 is 19.3 Å². The van der Waals surface area contributed by atoms with E-state index < -0.39 is 18.2 Å². The van der Waals surface area contributed by atoms with Gasteiger partial charge in [-0.3, -0.25) is 14.6 Å². The number of fused-ring (bicyclic) bond motifs is 2. The first-order valence-electron chi connectivity index (χ1n) is 9.16. The predicted molar refractivity (Wildman–Crippen MR) is 103 cm³/mol. The second kappa shape index (κ2) is 7.10. The highest BCUT2D eigenvalue weighted by Gasteiger charge is 2.41. The maximum atomic E-state index is 12.5. The molecule has 8 nitrogen and oxygen atoms in total. The van der Waals surface area contributed by atoms with Crippen LogP contribution in [-0.4, -0.2) is 59.9 Å². The molecule has 0 aliphatic carbocycles. The van der Waals surface area contributed by atoms with E-state index >= 15 is 0 Å². The third-order valence-corrected chi connectivity index (χ3v) is 5.27. The van der Waals surface area contributed by atoms with Crippen LogP contribution in [0.1, 0.15) is 13.8 Å². The Morgan fingerprint density at radius 3 is 2.75 bits per heavy atom. The van der Waals surface area contributed by atoms with Crippen molar-refractivity contribution in [2.24, 2.45) is 0 Å².